The molecule has 0 saturated heterocycles. The summed E-state index contributed by atoms with van der Waals surface area (Å²) in [7, 11) is 0. The van der Waals surface area contributed by atoms with E-state index in [1.807, 2.05) is 24.3 Å². The van der Waals surface area contributed by atoms with E-state index in [4.69, 9.17) is 4.42 Å². The molecule has 1 atom stereocenters. The molecule has 0 unspecified atom stereocenters. The third-order valence-electron chi connectivity index (χ3n) is 3.66. The first-order chi connectivity index (χ1) is 9.83. The summed E-state index contributed by atoms with van der Waals surface area (Å²) in [6.45, 7) is 2.15. The molecule has 3 heteroatoms. The van der Waals surface area contributed by atoms with Crippen molar-refractivity contribution >= 4 is 32.5 Å². The minimum Gasteiger partial charge on any atom is -0.440 e. The van der Waals surface area contributed by atoms with E-state index in [2.05, 4.69) is 41.6 Å². The molecule has 4 aromatic rings. The number of benzene rings is 2. The first kappa shape index (κ1) is 11.7. The topological polar surface area (TPSA) is 26.0 Å². The average Bonchev–Trinajstić information content (AvgIpc) is 3.10. The van der Waals surface area contributed by atoms with E-state index in [1.165, 1.54) is 15.6 Å². The summed E-state index contributed by atoms with van der Waals surface area (Å²) in [6.07, 6.45) is 0. The van der Waals surface area contributed by atoms with Gasteiger partial charge in [0.05, 0.1) is 5.92 Å². The molecular formula is C17H13NOS. The molecule has 0 aliphatic carbocycles. The Kier molecular flexibility index (Phi) is 2.60. The van der Waals surface area contributed by atoms with Crippen LogP contribution in [0.25, 0.3) is 21.2 Å². The third kappa shape index (κ3) is 1.74. The van der Waals surface area contributed by atoms with E-state index in [-0.39, 0.29) is 5.92 Å². The Balaban J connectivity index is 1.85. The molecule has 2 heterocycles. The second-order valence-corrected chi connectivity index (χ2v) is 5.84. The zero-order chi connectivity index (χ0) is 13.5. The predicted octanol–water partition coefficient (Wildman–Crippen LogP) is 5.19. The number of oxazole rings is 1. The lowest BCUT2D eigenvalue weighted by Gasteiger charge is -2.05. The first-order valence-corrected chi connectivity index (χ1v) is 7.52. The molecule has 2 aromatic heterocycles. The Bertz CT molecular complexity index is 857. The van der Waals surface area contributed by atoms with Gasteiger partial charge in [0.1, 0.15) is 5.52 Å². The molecule has 0 radical (unpaired) electrons. The zero-order valence-corrected chi connectivity index (χ0v) is 11.9. The molecule has 2 aromatic carbocycles. The molecular weight excluding hydrogens is 266 g/mol. The molecule has 98 valence electrons. The molecule has 0 aliphatic heterocycles. The van der Waals surface area contributed by atoms with Gasteiger partial charge < -0.3 is 4.42 Å². The van der Waals surface area contributed by atoms with E-state index >= 15 is 0 Å². The SMILES string of the molecule is C[C@H](c1nc2ccccc2o1)c1csc2ccccc12. The largest absolute Gasteiger partial charge is 0.440 e. The highest BCUT2D eigenvalue weighted by molar-refractivity contribution is 7.17. The predicted molar refractivity (Wildman–Crippen MR) is 83.4 cm³/mol. The van der Waals surface area contributed by atoms with Crippen molar-refractivity contribution in [3.63, 3.8) is 0 Å². The monoisotopic (exact) mass is 279 g/mol. The maximum atomic E-state index is 5.90. The standard InChI is InChI=1S/C17H13NOS/c1-11(13-10-20-16-9-5-2-6-12(13)16)17-18-14-7-3-4-8-15(14)19-17/h2-11H,1H3/t11-/m0/s1. The van der Waals surface area contributed by atoms with Gasteiger partial charge >= 0.3 is 0 Å². The van der Waals surface area contributed by atoms with Gasteiger partial charge in [0.15, 0.2) is 5.58 Å². The summed E-state index contributed by atoms with van der Waals surface area (Å²) in [5.41, 5.74) is 3.07. The highest BCUT2D eigenvalue weighted by atomic mass is 32.1. The number of nitrogens with zero attached hydrogens (tertiary/aromatic N) is 1. The van der Waals surface area contributed by atoms with Crippen LogP contribution in [0, 0.1) is 0 Å². The summed E-state index contributed by atoms with van der Waals surface area (Å²) in [6, 6.07) is 16.4. The summed E-state index contributed by atoms with van der Waals surface area (Å²) < 4.78 is 7.21. The van der Waals surface area contributed by atoms with Gasteiger partial charge in [-0.05, 0) is 41.5 Å². The smallest absolute Gasteiger partial charge is 0.202 e. The quantitative estimate of drug-likeness (QED) is 0.504. The van der Waals surface area contributed by atoms with Crippen LogP contribution in [0.3, 0.4) is 0 Å². The summed E-state index contributed by atoms with van der Waals surface area (Å²) >= 11 is 1.77. The second-order valence-electron chi connectivity index (χ2n) is 4.93. The van der Waals surface area contributed by atoms with Crippen molar-refractivity contribution in [2.24, 2.45) is 0 Å². The number of fused-ring (bicyclic) bond motifs is 2. The maximum Gasteiger partial charge on any atom is 0.202 e. The molecule has 0 N–H and O–H groups in total. The number of hydrogen-bond donors (Lipinski definition) is 0. The van der Waals surface area contributed by atoms with Gasteiger partial charge in [-0.15, -0.1) is 11.3 Å². The Morgan fingerprint density at radius 1 is 1.05 bits per heavy atom. The number of para-hydroxylation sites is 2. The fourth-order valence-electron chi connectivity index (χ4n) is 2.54. The Labute approximate surface area is 120 Å². The summed E-state index contributed by atoms with van der Waals surface area (Å²) in [5, 5.41) is 3.51. The van der Waals surface area contributed by atoms with Gasteiger partial charge in [0.25, 0.3) is 0 Å². The van der Waals surface area contributed by atoms with Crippen molar-refractivity contribution in [2.75, 3.05) is 0 Å². The normalized spacial score (nSPS) is 13.1. The molecule has 0 spiro atoms. The summed E-state index contributed by atoms with van der Waals surface area (Å²) in [4.78, 5) is 4.61. The van der Waals surface area contributed by atoms with Crippen LogP contribution in [-0.2, 0) is 0 Å². The Morgan fingerprint density at radius 2 is 1.85 bits per heavy atom. The van der Waals surface area contributed by atoms with Crippen molar-refractivity contribution in [3.8, 4) is 0 Å². The van der Waals surface area contributed by atoms with E-state index in [0.717, 1.165) is 17.0 Å². The lowest BCUT2D eigenvalue weighted by molar-refractivity contribution is 0.514. The van der Waals surface area contributed by atoms with E-state index in [9.17, 15) is 0 Å². The number of hydrogen-bond acceptors (Lipinski definition) is 3. The maximum absolute atomic E-state index is 5.90. The van der Waals surface area contributed by atoms with Gasteiger partial charge in [-0.3, -0.25) is 0 Å². The van der Waals surface area contributed by atoms with Crippen LogP contribution < -0.4 is 0 Å². The van der Waals surface area contributed by atoms with Crippen molar-refractivity contribution in [2.45, 2.75) is 12.8 Å². The second kappa shape index (κ2) is 4.46. The van der Waals surface area contributed by atoms with Crippen molar-refractivity contribution < 1.29 is 4.42 Å². The average molecular weight is 279 g/mol. The van der Waals surface area contributed by atoms with Crippen LogP contribution in [0.5, 0.6) is 0 Å². The highest BCUT2D eigenvalue weighted by Gasteiger charge is 2.18. The van der Waals surface area contributed by atoms with Gasteiger partial charge in [0.2, 0.25) is 5.89 Å². The van der Waals surface area contributed by atoms with Crippen molar-refractivity contribution in [3.05, 3.63) is 65.4 Å². The first-order valence-electron chi connectivity index (χ1n) is 6.64. The fourth-order valence-corrected chi connectivity index (χ4v) is 3.60. The van der Waals surface area contributed by atoms with Crippen LogP contribution in [0.15, 0.2) is 58.3 Å². The molecule has 2 nitrogen and oxygen atoms in total. The molecule has 20 heavy (non-hydrogen) atoms. The van der Waals surface area contributed by atoms with Crippen molar-refractivity contribution in [1.82, 2.24) is 4.98 Å². The van der Waals surface area contributed by atoms with E-state index in [0.29, 0.717) is 0 Å². The van der Waals surface area contributed by atoms with Crippen LogP contribution in [0.2, 0.25) is 0 Å². The lowest BCUT2D eigenvalue weighted by atomic mass is 10.0. The fraction of sp³-hybridized carbons (Fsp3) is 0.118. The van der Waals surface area contributed by atoms with Gasteiger partial charge in [-0.1, -0.05) is 30.3 Å². The third-order valence-corrected chi connectivity index (χ3v) is 4.64. The van der Waals surface area contributed by atoms with Gasteiger partial charge in [-0.25, -0.2) is 4.98 Å². The van der Waals surface area contributed by atoms with E-state index < -0.39 is 0 Å². The van der Waals surface area contributed by atoms with Crippen LogP contribution in [-0.4, -0.2) is 4.98 Å². The summed E-state index contributed by atoms with van der Waals surface area (Å²) in [5.74, 6) is 0.952. The molecule has 4 rings (SSSR count). The van der Waals surface area contributed by atoms with Crippen LogP contribution >= 0.6 is 11.3 Å². The van der Waals surface area contributed by atoms with E-state index in [1.54, 1.807) is 11.3 Å². The molecule has 0 saturated carbocycles. The number of aromatic nitrogens is 1. The minimum atomic E-state index is 0.165. The highest BCUT2D eigenvalue weighted by Crippen LogP contribution is 2.35. The van der Waals surface area contributed by atoms with Crippen LogP contribution in [0.1, 0.15) is 24.3 Å². The van der Waals surface area contributed by atoms with Crippen LogP contribution in [0.4, 0.5) is 0 Å². The molecule has 0 fully saturated rings. The molecule has 0 aliphatic rings. The number of thiophene rings is 1. The Morgan fingerprint density at radius 3 is 2.75 bits per heavy atom. The lowest BCUT2D eigenvalue weighted by Crippen LogP contribution is -1.94. The number of rotatable bonds is 2. The Hall–Kier alpha value is -2.13. The minimum absolute atomic E-state index is 0.165. The van der Waals surface area contributed by atoms with Gasteiger partial charge in [-0.2, -0.15) is 0 Å². The molecule has 0 bridgehead atoms. The zero-order valence-electron chi connectivity index (χ0n) is 11.0. The van der Waals surface area contributed by atoms with Gasteiger partial charge in [0, 0.05) is 4.70 Å². The molecule has 0 amide bonds. The van der Waals surface area contributed by atoms with Crippen molar-refractivity contribution in [1.29, 1.82) is 0 Å².